The van der Waals surface area contributed by atoms with Crippen LogP contribution in [0.1, 0.15) is 42.3 Å². The fourth-order valence-electron chi connectivity index (χ4n) is 1.62. The third kappa shape index (κ3) is 2.36. The number of hydrogen-bond donors (Lipinski definition) is 1. The van der Waals surface area contributed by atoms with Crippen molar-refractivity contribution in [3.8, 4) is 0 Å². The minimum absolute atomic E-state index is 0.0556. The molecule has 4 heteroatoms. The van der Waals surface area contributed by atoms with Gasteiger partial charge in [0, 0.05) is 9.13 Å². The molecule has 0 spiro atoms. The summed E-state index contributed by atoms with van der Waals surface area (Å²) in [6.07, 6.45) is 0. The Morgan fingerprint density at radius 2 is 1.94 bits per heavy atom. The summed E-state index contributed by atoms with van der Waals surface area (Å²) >= 11 is 1.95. The highest BCUT2D eigenvalue weighted by Gasteiger charge is 2.27. The van der Waals surface area contributed by atoms with Gasteiger partial charge in [0.2, 0.25) is 0 Å². The lowest BCUT2D eigenvalue weighted by atomic mass is 9.82. The molecule has 2 nitrogen and oxygen atoms in total. The second-order valence-corrected chi connectivity index (χ2v) is 5.94. The molecule has 0 radical (unpaired) electrons. The maximum Gasteiger partial charge on any atom is 0.336 e. The molecule has 0 atom stereocenters. The lowest BCUT2D eigenvalue weighted by Gasteiger charge is -2.23. The minimum Gasteiger partial charge on any atom is -0.478 e. The zero-order chi connectivity index (χ0) is 12.7. The van der Waals surface area contributed by atoms with E-state index in [1.165, 1.54) is 6.07 Å². The number of aromatic carboxylic acids is 1. The van der Waals surface area contributed by atoms with Crippen molar-refractivity contribution >= 4 is 28.6 Å². The first-order chi connectivity index (χ1) is 7.16. The fraction of sp³-hybridized carbons (Fsp3) is 0.417. The van der Waals surface area contributed by atoms with Crippen molar-refractivity contribution in [1.29, 1.82) is 0 Å². The lowest BCUT2D eigenvalue weighted by molar-refractivity contribution is 0.0693. The molecule has 0 aliphatic carbocycles. The highest BCUT2D eigenvalue weighted by atomic mass is 127. The highest BCUT2D eigenvalue weighted by Crippen LogP contribution is 2.32. The van der Waals surface area contributed by atoms with Crippen molar-refractivity contribution in [2.45, 2.75) is 33.1 Å². The van der Waals surface area contributed by atoms with E-state index >= 15 is 0 Å². The van der Waals surface area contributed by atoms with E-state index in [1.807, 2.05) is 43.4 Å². The average molecular weight is 336 g/mol. The van der Waals surface area contributed by atoms with Crippen LogP contribution in [0, 0.1) is 16.3 Å². The Morgan fingerprint density at radius 3 is 2.31 bits per heavy atom. The van der Waals surface area contributed by atoms with Crippen molar-refractivity contribution in [3.63, 3.8) is 0 Å². The van der Waals surface area contributed by atoms with Crippen molar-refractivity contribution in [1.82, 2.24) is 0 Å². The molecule has 0 fully saturated rings. The maximum absolute atomic E-state index is 14.1. The average Bonchev–Trinajstić information content (AvgIpc) is 2.10. The van der Waals surface area contributed by atoms with Gasteiger partial charge in [-0.25, -0.2) is 9.18 Å². The molecular formula is C12H14FIO2. The van der Waals surface area contributed by atoms with Gasteiger partial charge in [-0.15, -0.1) is 0 Å². The number of halogens is 2. The predicted molar refractivity (Wildman–Crippen MR) is 69.5 cm³/mol. The van der Waals surface area contributed by atoms with Crippen LogP contribution in [-0.2, 0) is 5.41 Å². The van der Waals surface area contributed by atoms with Crippen LogP contribution in [0.5, 0.6) is 0 Å². The molecule has 0 aromatic heterocycles. The van der Waals surface area contributed by atoms with Crippen LogP contribution >= 0.6 is 22.6 Å². The molecule has 0 aliphatic rings. The van der Waals surface area contributed by atoms with Gasteiger partial charge in [0.25, 0.3) is 0 Å². The second-order valence-electron chi connectivity index (χ2n) is 4.78. The highest BCUT2D eigenvalue weighted by molar-refractivity contribution is 14.1. The Balaban J connectivity index is 3.68. The summed E-state index contributed by atoms with van der Waals surface area (Å²) in [4.78, 5) is 11.1. The molecule has 88 valence electrons. The number of carbonyl (C=O) groups is 1. The molecule has 1 aromatic rings. The Hall–Kier alpha value is -0.650. The topological polar surface area (TPSA) is 37.3 Å². The van der Waals surface area contributed by atoms with Gasteiger partial charge >= 0.3 is 5.97 Å². The van der Waals surface area contributed by atoms with E-state index in [0.717, 1.165) is 0 Å². The molecular weight excluding hydrogens is 322 g/mol. The Morgan fingerprint density at radius 1 is 1.44 bits per heavy atom. The third-order valence-electron chi connectivity index (χ3n) is 2.43. The second kappa shape index (κ2) is 4.31. The van der Waals surface area contributed by atoms with E-state index < -0.39 is 17.2 Å². The zero-order valence-corrected chi connectivity index (χ0v) is 11.8. The molecule has 0 unspecified atom stereocenters. The van der Waals surface area contributed by atoms with Crippen molar-refractivity contribution in [2.24, 2.45) is 0 Å². The minimum atomic E-state index is -1.08. The van der Waals surface area contributed by atoms with Crippen LogP contribution in [0.3, 0.4) is 0 Å². The monoisotopic (exact) mass is 336 g/mol. The summed E-state index contributed by atoms with van der Waals surface area (Å²) in [5, 5.41) is 9.10. The fourth-order valence-corrected chi connectivity index (χ4v) is 2.17. The van der Waals surface area contributed by atoms with Crippen LogP contribution in [0.2, 0.25) is 0 Å². The van der Waals surface area contributed by atoms with Crippen molar-refractivity contribution in [2.75, 3.05) is 0 Å². The summed E-state index contributed by atoms with van der Waals surface area (Å²) < 4.78 is 14.8. The van der Waals surface area contributed by atoms with Crippen molar-refractivity contribution < 1.29 is 14.3 Å². The lowest BCUT2D eigenvalue weighted by Crippen LogP contribution is -2.20. The molecule has 0 aliphatic heterocycles. The summed E-state index contributed by atoms with van der Waals surface area (Å²) in [6.45, 7) is 7.09. The first-order valence-corrected chi connectivity index (χ1v) is 5.96. The first kappa shape index (κ1) is 13.4. The summed E-state index contributed by atoms with van der Waals surface area (Å²) in [7, 11) is 0. The molecule has 1 aromatic carbocycles. The first-order valence-electron chi connectivity index (χ1n) is 4.88. The molecule has 0 saturated carbocycles. The van der Waals surface area contributed by atoms with Crippen LogP contribution in [0.25, 0.3) is 0 Å². The van der Waals surface area contributed by atoms with Gasteiger partial charge in [0.05, 0.1) is 5.56 Å². The van der Waals surface area contributed by atoms with Gasteiger partial charge in [-0.3, -0.25) is 0 Å². The zero-order valence-electron chi connectivity index (χ0n) is 9.69. The normalized spacial score (nSPS) is 11.6. The standard InChI is InChI=1S/C12H14FIO2/c1-6-8(14)5-7(11(15)16)9(10(6)13)12(2,3)4/h5H,1-4H3,(H,15,16). The van der Waals surface area contributed by atoms with Gasteiger partial charge < -0.3 is 5.11 Å². The molecule has 0 heterocycles. The number of hydrogen-bond acceptors (Lipinski definition) is 1. The Kier molecular flexibility index (Phi) is 3.62. The number of rotatable bonds is 1. The van der Waals surface area contributed by atoms with Gasteiger partial charge in [-0.2, -0.15) is 0 Å². The molecule has 1 rings (SSSR count). The van der Waals surface area contributed by atoms with Gasteiger partial charge in [0.15, 0.2) is 0 Å². The summed E-state index contributed by atoms with van der Waals surface area (Å²) in [5.41, 5.74) is 0.320. The molecule has 16 heavy (non-hydrogen) atoms. The molecule has 0 bridgehead atoms. The van der Waals surface area contributed by atoms with Crippen molar-refractivity contribution in [3.05, 3.63) is 32.1 Å². The quantitative estimate of drug-likeness (QED) is 0.794. The van der Waals surface area contributed by atoms with E-state index in [1.54, 1.807) is 6.92 Å². The van der Waals surface area contributed by atoms with Crippen LogP contribution < -0.4 is 0 Å². The van der Waals surface area contributed by atoms with Gasteiger partial charge in [-0.1, -0.05) is 20.8 Å². The third-order valence-corrected chi connectivity index (χ3v) is 3.55. The number of carboxylic acid groups (broad SMARTS) is 1. The number of benzene rings is 1. The van der Waals surface area contributed by atoms with E-state index in [2.05, 4.69) is 0 Å². The van der Waals surface area contributed by atoms with Gasteiger partial charge in [0.1, 0.15) is 5.82 Å². The van der Waals surface area contributed by atoms with E-state index in [0.29, 0.717) is 9.13 Å². The molecule has 0 amide bonds. The molecule has 0 saturated heterocycles. The Labute approximate surface area is 108 Å². The smallest absolute Gasteiger partial charge is 0.336 e. The Bertz CT molecular complexity index is 447. The predicted octanol–water partition coefficient (Wildman–Crippen LogP) is 3.73. The van der Waals surface area contributed by atoms with Gasteiger partial charge in [-0.05, 0) is 46.6 Å². The van der Waals surface area contributed by atoms with E-state index in [4.69, 9.17) is 5.11 Å². The van der Waals surface area contributed by atoms with Crippen LogP contribution in [0.15, 0.2) is 6.07 Å². The molecule has 1 N–H and O–H groups in total. The summed E-state index contributed by atoms with van der Waals surface area (Å²) in [5.74, 6) is -1.49. The largest absolute Gasteiger partial charge is 0.478 e. The number of carboxylic acids is 1. The van der Waals surface area contributed by atoms with E-state index in [9.17, 15) is 9.18 Å². The van der Waals surface area contributed by atoms with E-state index in [-0.39, 0.29) is 11.1 Å². The maximum atomic E-state index is 14.1. The SMILES string of the molecule is Cc1c(I)cc(C(=O)O)c(C(C)(C)C)c1F. The van der Waals surface area contributed by atoms with Crippen LogP contribution in [0.4, 0.5) is 4.39 Å². The summed E-state index contributed by atoms with van der Waals surface area (Å²) in [6, 6.07) is 1.53. The van der Waals surface area contributed by atoms with Crippen LogP contribution in [-0.4, -0.2) is 11.1 Å².